The first-order valence-electron chi connectivity index (χ1n) is 6.12. The fourth-order valence-electron chi connectivity index (χ4n) is 1.93. The fraction of sp³-hybridized carbons (Fsp3) is 0.286. The predicted molar refractivity (Wildman–Crippen MR) is 85.2 cm³/mol. The third-order valence-electron chi connectivity index (χ3n) is 2.97. The number of nitriles is 1. The van der Waals surface area contributed by atoms with Crippen LogP contribution >= 0.6 is 11.3 Å². The van der Waals surface area contributed by atoms with Crippen molar-refractivity contribution in [3.05, 3.63) is 24.8 Å². The average Bonchev–Trinajstić information content (AvgIpc) is 3.12. The molecule has 3 aromatic heterocycles. The highest BCUT2D eigenvalue weighted by Gasteiger charge is 2.12. The van der Waals surface area contributed by atoms with Gasteiger partial charge >= 0.3 is 0 Å². The predicted octanol–water partition coefficient (Wildman–Crippen LogP) is 3.07. The molecule has 0 saturated carbocycles. The summed E-state index contributed by atoms with van der Waals surface area (Å²) in [5, 5.41) is 10.5. The van der Waals surface area contributed by atoms with E-state index < -0.39 is 0 Å². The van der Waals surface area contributed by atoms with Crippen molar-refractivity contribution in [3.63, 3.8) is 0 Å². The maximum atomic E-state index is 8.63. The van der Waals surface area contributed by atoms with Crippen LogP contribution in [-0.2, 0) is 0 Å². The Balaban J connectivity index is 0.00000161. The van der Waals surface area contributed by atoms with E-state index in [-0.39, 0.29) is 7.43 Å². The third-order valence-corrected chi connectivity index (χ3v) is 4.08. The second kappa shape index (κ2) is 6.33. The van der Waals surface area contributed by atoms with Gasteiger partial charge in [-0.2, -0.15) is 5.26 Å². The van der Waals surface area contributed by atoms with Crippen LogP contribution in [0.5, 0.6) is 0 Å². The first kappa shape index (κ1) is 14.9. The second-order valence-electron chi connectivity index (χ2n) is 4.30. The van der Waals surface area contributed by atoms with Crippen LogP contribution in [0, 0.1) is 11.3 Å². The van der Waals surface area contributed by atoms with E-state index >= 15 is 0 Å². The zero-order chi connectivity index (χ0) is 13.9. The Morgan fingerprint density at radius 3 is 3.05 bits per heavy atom. The number of aromatic amines is 1. The highest BCUT2D eigenvalue weighted by molar-refractivity contribution is 7.19. The molecular formula is C14H16N6S. The van der Waals surface area contributed by atoms with E-state index in [0.29, 0.717) is 13.0 Å². The molecule has 0 bridgehead atoms. The Hall–Kier alpha value is -2.46. The average molecular weight is 300 g/mol. The summed E-state index contributed by atoms with van der Waals surface area (Å²) in [5.74, 6) is 0. The van der Waals surface area contributed by atoms with Gasteiger partial charge in [-0.05, 0) is 6.07 Å². The minimum atomic E-state index is 0. The number of thiazole rings is 1. The Morgan fingerprint density at radius 1 is 1.38 bits per heavy atom. The van der Waals surface area contributed by atoms with E-state index in [9.17, 15) is 0 Å². The molecule has 0 aromatic carbocycles. The van der Waals surface area contributed by atoms with Crippen molar-refractivity contribution >= 4 is 27.5 Å². The van der Waals surface area contributed by atoms with Gasteiger partial charge in [0.05, 0.1) is 23.1 Å². The molecule has 3 rings (SSSR count). The number of anilines is 1. The molecule has 0 aliphatic carbocycles. The summed E-state index contributed by atoms with van der Waals surface area (Å²) in [4.78, 5) is 19.0. The lowest BCUT2D eigenvalue weighted by atomic mass is 10.2. The second-order valence-corrected chi connectivity index (χ2v) is 5.31. The van der Waals surface area contributed by atoms with Crippen molar-refractivity contribution in [3.8, 4) is 16.6 Å². The van der Waals surface area contributed by atoms with E-state index in [1.54, 1.807) is 17.7 Å². The van der Waals surface area contributed by atoms with Crippen LogP contribution in [0.1, 0.15) is 13.8 Å². The number of nitrogens with zero attached hydrogens (tertiary/aromatic N) is 5. The quantitative estimate of drug-likeness (QED) is 0.800. The molecule has 7 heteroatoms. The third kappa shape index (κ3) is 2.85. The standard InChI is InChI=1S/C13H12N6S.CH4/c1-19(6-2-4-14)13-16-7-10(20-13)11-9-3-5-15-12(9)18-8-17-11;/h3,5,7-8H,2,6H2,1H3,(H,15,17,18);1H4. The number of nitrogens with one attached hydrogen (secondary N) is 1. The van der Waals surface area contributed by atoms with Crippen molar-refractivity contribution in [2.75, 3.05) is 18.5 Å². The Kier molecular flexibility index (Phi) is 4.50. The van der Waals surface area contributed by atoms with Gasteiger partial charge < -0.3 is 9.88 Å². The highest BCUT2D eigenvalue weighted by atomic mass is 32.1. The van der Waals surface area contributed by atoms with Crippen LogP contribution in [0.25, 0.3) is 21.6 Å². The Labute approximate surface area is 127 Å². The first-order chi connectivity index (χ1) is 9.79. The van der Waals surface area contributed by atoms with Crippen LogP contribution in [-0.4, -0.2) is 33.5 Å². The summed E-state index contributed by atoms with van der Waals surface area (Å²) < 4.78 is 0. The van der Waals surface area contributed by atoms with Gasteiger partial charge in [0.1, 0.15) is 12.0 Å². The number of hydrogen-bond donors (Lipinski definition) is 1. The molecule has 108 valence electrons. The smallest absolute Gasteiger partial charge is 0.185 e. The largest absolute Gasteiger partial charge is 0.350 e. The monoisotopic (exact) mass is 300 g/mol. The zero-order valence-electron chi connectivity index (χ0n) is 10.9. The van der Waals surface area contributed by atoms with Crippen molar-refractivity contribution in [1.82, 2.24) is 19.9 Å². The SMILES string of the molecule is C.CN(CCC#N)c1ncc(-c2ncnc3[nH]ccc23)s1. The number of aromatic nitrogens is 4. The van der Waals surface area contributed by atoms with Gasteiger partial charge in [0.25, 0.3) is 0 Å². The van der Waals surface area contributed by atoms with E-state index in [1.165, 1.54) is 0 Å². The lowest BCUT2D eigenvalue weighted by Gasteiger charge is -2.12. The molecule has 0 amide bonds. The van der Waals surface area contributed by atoms with E-state index in [4.69, 9.17) is 5.26 Å². The molecule has 21 heavy (non-hydrogen) atoms. The summed E-state index contributed by atoms with van der Waals surface area (Å²) in [6, 6.07) is 4.10. The van der Waals surface area contributed by atoms with Crippen LogP contribution in [0.15, 0.2) is 24.8 Å². The van der Waals surface area contributed by atoms with Crippen LogP contribution in [0.3, 0.4) is 0 Å². The molecule has 3 aromatic rings. The van der Waals surface area contributed by atoms with Crippen molar-refractivity contribution < 1.29 is 0 Å². The first-order valence-corrected chi connectivity index (χ1v) is 6.93. The minimum Gasteiger partial charge on any atom is -0.350 e. The molecule has 3 heterocycles. The molecule has 0 atom stereocenters. The van der Waals surface area contributed by atoms with Crippen molar-refractivity contribution in [2.24, 2.45) is 0 Å². The van der Waals surface area contributed by atoms with Gasteiger partial charge in [-0.15, -0.1) is 0 Å². The summed E-state index contributed by atoms with van der Waals surface area (Å²) in [5.41, 5.74) is 1.71. The Morgan fingerprint density at radius 2 is 2.24 bits per heavy atom. The zero-order valence-corrected chi connectivity index (χ0v) is 11.7. The Bertz CT molecular complexity index is 769. The topological polar surface area (TPSA) is 81.5 Å². The highest BCUT2D eigenvalue weighted by Crippen LogP contribution is 2.32. The number of rotatable bonds is 4. The molecular weight excluding hydrogens is 284 g/mol. The van der Waals surface area contributed by atoms with Gasteiger partial charge in [-0.1, -0.05) is 18.8 Å². The summed E-state index contributed by atoms with van der Waals surface area (Å²) in [6.45, 7) is 0.673. The molecule has 1 N–H and O–H groups in total. The van der Waals surface area contributed by atoms with E-state index in [0.717, 1.165) is 26.7 Å². The van der Waals surface area contributed by atoms with Crippen LogP contribution in [0.4, 0.5) is 5.13 Å². The molecule has 0 aliphatic heterocycles. The van der Waals surface area contributed by atoms with E-state index in [2.05, 4.69) is 26.0 Å². The van der Waals surface area contributed by atoms with Gasteiger partial charge in [0.2, 0.25) is 0 Å². The lowest BCUT2D eigenvalue weighted by Crippen LogP contribution is -2.17. The molecule has 0 saturated heterocycles. The van der Waals surface area contributed by atoms with E-state index in [1.807, 2.05) is 30.4 Å². The minimum absolute atomic E-state index is 0. The molecule has 0 spiro atoms. The molecule has 6 nitrogen and oxygen atoms in total. The van der Waals surface area contributed by atoms with Gasteiger partial charge in [0, 0.05) is 31.4 Å². The molecule has 0 aliphatic rings. The summed E-state index contributed by atoms with van der Waals surface area (Å²) >= 11 is 1.56. The van der Waals surface area contributed by atoms with Crippen LogP contribution in [0.2, 0.25) is 0 Å². The normalized spacial score (nSPS) is 10.1. The molecule has 0 unspecified atom stereocenters. The van der Waals surface area contributed by atoms with Crippen molar-refractivity contribution in [1.29, 1.82) is 5.26 Å². The fourth-order valence-corrected chi connectivity index (χ4v) is 2.85. The number of fused-ring (bicyclic) bond motifs is 1. The number of H-pyrrole nitrogens is 1. The molecule has 0 fully saturated rings. The van der Waals surface area contributed by atoms with Gasteiger partial charge in [0.15, 0.2) is 5.13 Å². The van der Waals surface area contributed by atoms with Gasteiger partial charge in [-0.3, -0.25) is 0 Å². The maximum Gasteiger partial charge on any atom is 0.185 e. The van der Waals surface area contributed by atoms with Gasteiger partial charge in [-0.25, -0.2) is 15.0 Å². The molecule has 0 radical (unpaired) electrons. The number of hydrogen-bond acceptors (Lipinski definition) is 6. The maximum absolute atomic E-state index is 8.63. The summed E-state index contributed by atoms with van der Waals surface area (Å²) in [6.07, 6.45) is 5.70. The summed E-state index contributed by atoms with van der Waals surface area (Å²) in [7, 11) is 1.94. The lowest BCUT2D eigenvalue weighted by molar-refractivity contribution is 0.899. The van der Waals surface area contributed by atoms with Crippen molar-refractivity contribution in [2.45, 2.75) is 13.8 Å². The van der Waals surface area contributed by atoms with Crippen LogP contribution < -0.4 is 4.90 Å².